The van der Waals surface area contributed by atoms with Crippen LogP contribution in [-0.2, 0) is 21.4 Å². The Morgan fingerprint density at radius 3 is 2.46 bits per heavy atom. The molecule has 0 aliphatic heterocycles. The fraction of sp³-hybridized carbons (Fsp3) is 0.211. The molecule has 2 aromatic carbocycles. The van der Waals surface area contributed by atoms with Gasteiger partial charge in [0.05, 0.1) is 4.90 Å². The van der Waals surface area contributed by atoms with E-state index in [1.54, 1.807) is 12.1 Å². The number of hydrogen-bond acceptors (Lipinski definition) is 3. The second-order valence-electron chi connectivity index (χ2n) is 6.10. The third-order valence-corrected chi connectivity index (χ3v) is 5.61. The number of nitrogens with one attached hydrogen (secondary N) is 2. The standard InChI is InChI=1S/C19H21N3O3S/c1-14-13-16-5-3-4-6-19(16)22(14)12-11-20-26(24,25)18-9-7-17(8-10-18)21-15(2)23/h3-10,13,20H,11-12H2,1-2H3,(H,21,23). The van der Waals surface area contributed by atoms with Gasteiger partial charge in [-0.15, -0.1) is 0 Å². The molecule has 0 saturated heterocycles. The van der Waals surface area contributed by atoms with Crippen LogP contribution in [0.3, 0.4) is 0 Å². The fourth-order valence-electron chi connectivity index (χ4n) is 2.94. The van der Waals surface area contributed by atoms with Crippen LogP contribution in [0, 0.1) is 6.92 Å². The van der Waals surface area contributed by atoms with Gasteiger partial charge in [0.1, 0.15) is 0 Å². The van der Waals surface area contributed by atoms with Crippen molar-refractivity contribution in [3.63, 3.8) is 0 Å². The summed E-state index contributed by atoms with van der Waals surface area (Å²) in [6.45, 7) is 4.24. The predicted molar refractivity (Wildman–Crippen MR) is 103 cm³/mol. The van der Waals surface area contributed by atoms with Crippen molar-refractivity contribution in [3.8, 4) is 0 Å². The maximum atomic E-state index is 12.4. The fourth-order valence-corrected chi connectivity index (χ4v) is 3.96. The van der Waals surface area contributed by atoms with E-state index in [-0.39, 0.29) is 17.3 Å². The first kappa shape index (κ1) is 18.2. The molecular formula is C19H21N3O3S. The van der Waals surface area contributed by atoms with Gasteiger partial charge in [0, 0.05) is 36.9 Å². The summed E-state index contributed by atoms with van der Waals surface area (Å²) in [4.78, 5) is 11.2. The van der Waals surface area contributed by atoms with E-state index in [4.69, 9.17) is 0 Å². The van der Waals surface area contributed by atoms with Crippen LogP contribution in [0.5, 0.6) is 0 Å². The lowest BCUT2D eigenvalue weighted by molar-refractivity contribution is -0.114. The number of aromatic nitrogens is 1. The Bertz CT molecular complexity index is 1040. The molecule has 0 saturated carbocycles. The minimum atomic E-state index is -3.60. The summed E-state index contributed by atoms with van der Waals surface area (Å²) < 4.78 is 29.6. The van der Waals surface area contributed by atoms with E-state index in [9.17, 15) is 13.2 Å². The zero-order chi connectivity index (χ0) is 18.7. The molecule has 0 unspecified atom stereocenters. The van der Waals surface area contributed by atoms with Gasteiger partial charge in [-0.3, -0.25) is 4.79 Å². The van der Waals surface area contributed by atoms with E-state index >= 15 is 0 Å². The van der Waals surface area contributed by atoms with Crippen molar-refractivity contribution in [3.05, 3.63) is 60.3 Å². The van der Waals surface area contributed by atoms with E-state index in [0.29, 0.717) is 12.2 Å². The number of amides is 1. The van der Waals surface area contributed by atoms with Gasteiger partial charge >= 0.3 is 0 Å². The summed E-state index contributed by atoms with van der Waals surface area (Å²) in [6, 6.07) is 16.2. The average molecular weight is 371 g/mol. The normalized spacial score (nSPS) is 11.6. The smallest absolute Gasteiger partial charge is 0.240 e. The van der Waals surface area contributed by atoms with E-state index < -0.39 is 10.0 Å². The minimum Gasteiger partial charge on any atom is -0.344 e. The topological polar surface area (TPSA) is 80.2 Å². The largest absolute Gasteiger partial charge is 0.344 e. The van der Waals surface area contributed by atoms with Gasteiger partial charge in [0.15, 0.2) is 0 Å². The van der Waals surface area contributed by atoms with E-state index in [0.717, 1.165) is 16.6 Å². The van der Waals surface area contributed by atoms with Crippen molar-refractivity contribution in [2.75, 3.05) is 11.9 Å². The second kappa shape index (κ2) is 7.31. The number of fused-ring (bicyclic) bond motifs is 1. The molecule has 0 bridgehead atoms. The molecule has 3 aromatic rings. The molecule has 0 fully saturated rings. The number of anilines is 1. The molecule has 1 aromatic heterocycles. The third kappa shape index (κ3) is 3.95. The van der Waals surface area contributed by atoms with Crippen LogP contribution in [0.1, 0.15) is 12.6 Å². The average Bonchev–Trinajstić information content (AvgIpc) is 2.90. The molecule has 136 valence electrons. The van der Waals surface area contributed by atoms with Gasteiger partial charge in [-0.05, 0) is 48.7 Å². The molecule has 7 heteroatoms. The van der Waals surface area contributed by atoms with E-state index in [1.165, 1.54) is 19.1 Å². The number of benzene rings is 2. The predicted octanol–water partition coefficient (Wildman–Crippen LogP) is 2.89. The summed E-state index contributed by atoms with van der Waals surface area (Å²) in [5.74, 6) is -0.201. The van der Waals surface area contributed by atoms with Crippen LogP contribution in [-0.4, -0.2) is 25.4 Å². The Labute approximate surface area is 152 Å². The highest BCUT2D eigenvalue weighted by Crippen LogP contribution is 2.19. The first-order valence-electron chi connectivity index (χ1n) is 8.29. The summed E-state index contributed by atoms with van der Waals surface area (Å²) in [6.07, 6.45) is 0. The van der Waals surface area contributed by atoms with Crippen molar-refractivity contribution in [2.24, 2.45) is 0 Å². The molecule has 26 heavy (non-hydrogen) atoms. The third-order valence-electron chi connectivity index (χ3n) is 4.13. The first-order valence-corrected chi connectivity index (χ1v) is 9.77. The molecule has 6 nitrogen and oxygen atoms in total. The number of rotatable bonds is 6. The highest BCUT2D eigenvalue weighted by atomic mass is 32.2. The summed E-state index contributed by atoms with van der Waals surface area (Å²) in [5, 5.41) is 3.75. The van der Waals surface area contributed by atoms with E-state index in [2.05, 4.69) is 20.7 Å². The van der Waals surface area contributed by atoms with Gasteiger partial charge in [-0.2, -0.15) is 0 Å². The van der Waals surface area contributed by atoms with Crippen LogP contribution in [0.2, 0.25) is 0 Å². The second-order valence-corrected chi connectivity index (χ2v) is 7.87. The number of nitrogens with zero attached hydrogens (tertiary/aromatic N) is 1. The molecule has 0 aliphatic carbocycles. The summed E-state index contributed by atoms with van der Waals surface area (Å²) >= 11 is 0. The van der Waals surface area contributed by atoms with Gasteiger partial charge in [0.2, 0.25) is 15.9 Å². The Morgan fingerprint density at radius 2 is 1.77 bits per heavy atom. The Balaban J connectivity index is 1.68. The zero-order valence-electron chi connectivity index (χ0n) is 14.7. The highest BCUT2D eigenvalue weighted by molar-refractivity contribution is 7.89. The van der Waals surface area contributed by atoms with Gasteiger partial charge in [-0.1, -0.05) is 18.2 Å². The van der Waals surface area contributed by atoms with Crippen LogP contribution >= 0.6 is 0 Å². The van der Waals surface area contributed by atoms with Crippen LogP contribution < -0.4 is 10.0 Å². The van der Waals surface area contributed by atoms with Crippen molar-refractivity contribution < 1.29 is 13.2 Å². The number of sulfonamides is 1. The molecule has 0 aliphatic rings. The van der Waals surface area contributed by atoms with Crippen molar-refractivity contribution in [1.29, 1.82) is 0 Å². The zero-order valence-corrected chi connectivity index (χ0v) is 15.5. The number of aryl methyl sites for hydroxylation is 1. The lowest BCUT2D eigenvalue weighted by Gasteiger charge is -2.11. The van der Waals surface area contributed by atoms with Crippen molar-refractivity contribution in [2.45, 2.75) is 25.3 Å². The Kier molecular flexibility index (Phi) is 5.11. The molecule has 0 atom stereocenters. The lowest BCUT2D eigenvalue weighted by atomic mass is 10.2. The summed E-state index contributed by atoms with van der Waals surface area (Å²) in [5.41, 5.74) is 2.74. The maximum Gasteiger partial charge on any atom is 0.240 e. The summed E-state index contributed by atoms with van der Waals surface area (Å²) in [7, 11) is -3.60. The number of para-hydroxylation sites is 1. The molecule has 3 rings (SSSR count). The number of carbonyl (C=O) groups is 1. The number of carbonyl (C=O) groups excluding carboxylic acids is 1. The van der Waals surface area contributed by atoms with Crippen molar-refractivity contribution >= 4 is 32.5 Å². The first-order chi connectivity index (χ1) is 12.4. The van der Waals surface area contributed by atoms with Crippen molar-refractivity contribution in [1.82, 2.24) is 9.29 Å². The van der Waals surface area contributed by atoms with Crippen LogP contribution in [0.25, 0.3) is 10.9 Å². The van der Waals surface area contributed by atoms with Gasteiger partial charge in [0.25, 0.3) is 0 Å². The maximum absolute atomic E-state index is 12.4. The molecule has 1 heterocycles. The molecule has 2 N–H and O–H groups in total. The SMILES string of the molecule is CC(=O)Nc1ccc(S(=O)(=O)NCCn2c(C)cc3ccccc32)cc1. The van der Waals surface area contributed by atoms with Crippen LogP contribution in [0.4, 0.5) is 5.69 Å². The Hall–Kier alpha value is -2.64. The molecule has 1 amide bonds. The quantitative estimate of drug-likeness (QED) is 0.699. The number of hydrogen-bond donors (Lipinski definition) is 2. The Morgan fingerprint density at radius 1 is 1.08 bits per heavy atom. The monoisotopic (exact) mass is 371 g/mol. The lowest BCUT2D eigenvalue weighted by Crippen LogP contribution is -2.27. The van der Waals surface area contributed by atoms with Gasteiger partial charge < -0.3 is 9.88 Å². The molecule has 0 spiro atoms. The molecular weight excluding hydrogens is 350 g/mol. The molecule has 0 radical (unpaired) electrons. The van der Waals surface area contributed by atoms with Crippen LogP contribution in [0.15, 0.2) is 59.5 Å². The highest BCUT2D eigenvalue weighted by Gasteiger charge is 2.14. The minimum absolute atomic E-state index is 0.167. The van der Waals surface area contributed by atoms with Gasteiger partial charge in [-0.25, -0.2) is 13.1 Å². The van der Waals surface area contributed by atoms with E-state index in [1.807, 2.05) is 31.2 Å².